The van der Waals surface area contributed by atoms with E-state index in [-0.39, 0.29) is 18.1 Å². The normalized spacial score (nSPS) is 25.2. The Morgan fingerprint density at radius 3 is 2.40 bits per heavy atom. The molecule has 0 atom stereocenters. The number of hydrogen-bond acceptors (Lipinski definition) is 3. The van der Waals surface area contributed by atoms with Gasteiger partial charge in [0.05, 0.1) is 12.2 Å². The molecule has 15 heavy (non-hydrogen) atoms. The second kappa shape index (κ2) is 4.63. The highest BCUT2D eigenvalue weighted by Crippen LogP contribution is 2.27. The summed E-state index contributed by atoms with van der Waals surface area (Å²) in [5, 5.41) is 21.0. The summed E-state index contributed by atoms with van der Waals surface area (Å²) >= 11 is 0. The van der Waals surface area contributed by atoms with E-state index in [0.717, 1.165) is 0 Å². The van der Waals surface area contributed by atoms with Crippen LogP contribution in [0.15, 0.2) is 0 Å². The van der Waals surface area contributed by atoms with Gasteiger partial charge in [-0.15, -0.1) is 0 Å². The molecule has 0 radical (unpaired) electrons. The number of amides is 1. The molecule has 1 amide bonds. The molecule has 4 heteroatoms. The van der Waals surface area contributed by atoms with Gasteiger partial charge in [-0.3, -0.25) is 4.79 Å². The number of nitrogens with zero attached hydrogens (tertiary/aromatic N) is 1. The van der Waals surface area contributed by atoms with Crippen LogP contribution in [0.25, 0.3) is 0 Å². The van der Waals surface area contributed by atoms with Crippen LogP contribution in [-0.2, 0) is 4.79 Å². The van der Waals surface area contributed by atoms with Crippen molar-refractivity contribution in [1.29, 1.82) is 5.26 Å². The van der Waals surface area contributed by atoms with Crippen molar-refractivity contribution in [3.05, 3.63) is 0 Å². The molecule has 0 aromatic carbocycles. The number of nitrogens with one attached hydrogen (secondary N) is 1. The van der Waals surface area contributed by atoms with Crippen molar-refractivity contribution in [3.8, 4) is 6.07 Å². The molecule has 0 bridgehead atoms. The van der Waals surface area contributed by atoms with E-state index in [1.165, 1.54) is 0 Å². The number of hydrogen-bond donors (Lipinski definition) is 2. The van der Waals surface area contributed by atoms with Crippen LogP contribution >= 0.6 is 0 Å². The molecule has 0 spiro atoms. The molecular weight excluding hydrogens is 192 g/mol. The average Bonchev–Trinajstić information content (AvgIpc) is 2.19. The van der Waals surface area contributed by atoms with Crippen molar-refractivity contribution in [2.45, 2.75) is 51.7 Å². The van der Waals surface area contributed by atoms with E-state index in [0.29, 0.717) is 25.7 Å². The second-order valence-electron chi connectivity index (χ2n) is 4.20. The molecule has 0 aromatic rings. The standard InChI is InChI=1S/C11H18N2O2/c1-3-11(4-2,7-12)10(15)13-8-5-9(14)6-8/h8-9,14H,3-6H2,1-2H3,(H,13,15). The van der Waals surface area contributed by atoms with Gasteiger partial charge in [0.2, 0.25) is 5.91 Å². The molecule has 84 valence electrons. The molecule has 0 saturated heterocycles. The number of aliphatic hydroxyl groups is 1. The third-order valence-corrected chi connectivity index (χ3v) is 3.30. The largest absolute Gasteiger partial charge is 0.393 e. The topological polar surface area (TPSA) is 73.1 Å². The molecule has 4 nitrogen and oxygen atoms in total. The number of rotatable bonds is 4. The van der Waals surface area contributed by atoms with Crippen LogP contribution < -0.4 is 5.32 Å². The Hall–Kier alpha value is -1.08. The van der Waals surface area contributed by atoms with Crippen LogP contribution in [0.3, 0.4) is 0 Å². The minimum atomic E-state index is -0.888. The fraction of sp³-hybridized carbons (Fsp3) is 0.818. The zero-order chi connectivity index (χ0) is 11.5. The number of carbonyl (C=O) groups is 1. The van der Waals surface area contributed by atoms with E-state index in [2.05, 4.69) is 11.4 Å². The summed E-state index contributed by atoms with van der Waals surface area (Å²) in [7, 11) is 0. The van der Waals surface area contributed by atoms with Gasteiger partial charge in [-0.25, -0.2) is 0 Å². The van der Waals surface area contributed by atoms with Gasteiger partial charge in [-0.2, -0.15) is 5.26 Å². The van der Waals surface area contributed by atoms with Crippen molar-refractivity contribution < 1.29 is 9.90 Å². The Labute approximate surface area is 90.3 Å². The quantitative estimate of drug-likeness (QED) is 0.725. The average molecular weight is 210 g/mol. The lowest BCUT2D eigenvalue weighted by molar-refractivity contribution is -0.130. The molecule has 1 saturated carbocycles. The molecule has 0 aromatic heterocycles. The van der Waals surface area contributed by atoms with Gasteiger partial charge in [-0.05, 0) is 25.7 Å². The zero-order valence-corrected chi connectivity index (χ0v) is 9.29. The number of nitriles is 1. The fourth-order valence-electron chi connectivity index (χ4n) is 1.81. The summed E-state index contributed by atoms with van der Waals surface area (Å²) in [6.45, 7) is 3.70. The molecule has 1 aliphatic carbocycles. The second-order valence-corrected chi connectivity index (χ2v) is 4.20. The monoisotopic (exact) mass is 210 g/mol. The lowest BCUT2D eigenvalue weighted by atomic mass is 9.81. The highest BCUT2D eigenvalue weighted by atomic mass is 16.3. The summed E-state index contributed by atoms with van der Waals surface area (Å²) in [4.78, 5) is 11.9. The van der Waals surface area contributed by atoms with Gasteiger partial charge in [-0.1, -0.05) is 13.8 Å². The number of carbonyl (C=O) groups excluding carboxylic acids is 1. The summed E-state index contributed by atoms with van der Waals surface area (Å²) in [5.74, 6) is -0.188. The first kappa shape index (κ1) is 12.0. The van der Waals surface area contributed by atoms with Gasteiger partial charge in [0.15, 0.2) is 0 Å². The van der Waals surface area contributed by atoms with Crippen molar-refractivity contribution >= 4 is 5.91 Å². The van der Waals surface area contributed by atoms with Crippen LogP contribution in [-0.4, -0.2) is 23.2 Å². The summed E-state index contributed by atoms with van der Waals surface area (Å²) in [5.41, 5.74) is -0.888. The smallest absolute Gasteiger partial charge is 0.240 e. The summed E-state index contributed by atoms with van der Waals surface area (Å²) in [6.07, 6.45) is 2.00. The Kier molecular flexibility index (Phi) is 3.70. The first-order valence-electron chi connectivity index (χ1n) is 5.48. The highest BCUT2D eigenvalue weighted by Gasteiger charge is 2.38. The molecular formula is C11H18N2O2. The van der Waals surface area contributed by atoms with E-state index in [1.807, 2.05) is 13.8 Å². The maximum absolute atomic E-state index is 11.9. The first-order valence-corrected chi connectivity index (χ1v) is 5.48. The van der Waals surface area contributed by atoms with Gasteiger partial charge >= 0.3 is 0 Å². The van der Waals surface area contributed by atoms with Gasteiger partial charge in [0, 0.05) is 6.04 Å². The lowest BCUT2D eigenvalue weighted by Gasteiger charge is -2.34. The predicted octanol–water partition coefficient (Wildman–Crippen LogP) is 0.956. The summed E-state index contributed by atoms with van der Waals surface area (Å²) < 4.78 is 0. The van der Waals surface area contributed by atoms with Gasteiger partial charge in [0.25, 0.3) is 0 Å². The predicted molar refractivity (Wildman–Crippen MR) is 55.8 cm³/mol. The molecule has 1 rings (SSSR count). The van der Waals surface area contributed by atoms with E-state index in [9.17, 15) is 4.79 Å². The van der Waals surface area contributed by atoms with Crippen molar-refractivity contribution in [2.24, 2.45) is 5.41 Å². The van der Waals surface area contributed by atoms with Crippen LogP contribution in [0.1, 0.15) is 39.5 Å². The van der Waals surface area contributed by atoms with Crippen LogP contribution in [0, 0.1) is 16.7 Å². The van der Waals surface area contributed by atoms with E-state index < -0.39 is 5.41 Å². The molecule has 0 heterocycles. The minimum absolute atomic E-state index is 0.0540. The fourth-order valence-corrected chi connectivity index (χ4v) is 1.81. The Bertz CT molecular complexity index is 273. The minimum Gasteiger partial charge on any atom is -0.393 e. The Morgan fingerprint density at radius 1 is 1.53 bits per heavy atom. The Balaban J connectivity index is 2.54. The molecule has 1 aliphatic rings. The van der Waals surface area contributed by atoms with Crippen molar-refractivity contribution in [2.75, 3.05) is 0 Å². The SMILES string of the molecule is CCC(C#N)(CC)C(=O)NC1CC(O)C1. The first-order chi connectivity index (χ1) is 7.07. The van der Waals surface area contributed by atoms with E-state index in [1.54, 1.807) is 0 Å². The third-order valence-electron chi connectivity index (χ3n) is 3.30. The van der Waals surface area contributed by atoms with Crippen molar-refractivity contribution in [3.63, 3.8) is 0 Å². The van der Waals surface area contributed by atoms with Crippen LogP contribution in [0.5, 0.6) is 0 Å². The van der Waals surface area contributed by atoms with E-state index >= 15 is 0 Å². The molecule has 0 aliphatic heterocycles. The summed E-state index contributed by atoms with van der Waals surface area (Å²) in [6, 6.07) is 2.16. The zero-order valence-electron chi connectivity index (χ0n) is 9.29. The van der Waals surface area contributed by atoms with Crippen molar-refractivity contribution in [1.82, 2.24) is 5.32 Å². The van der Waals surface area contributed by atoms with Gasteiger partial charge in [0.1, 0.15) is 5.41 Å². The van der Waals surface area contributed by atoms with Crippen LogP contribution in [0.4, 0.5) is 0 Å². The Morgan fingerprint density at radius 2 is 2.07 bits per heavy atom. The van der Waals surface area contributed by atoms with Gasteiger partial charge < -0.3 is 10.4 Å². The molecule has 2 N–H and O–H groups in total. The van der Waals surface area contributed by atoms with E-state index in [4.69, 9.17) is 10.4 Å². The molecule has 0 unspecified atom stereocenters. The highest BCUT2D eigenvalue weighted by molar-refractivity contribution is 5.85. The molecule has 1 fully saturated rings. The number of aliphatic hydroxyl groups excluding tert-OH is 1. The maximum atomic E-state index is 11.9. The lowest BCUT2D eigenvalue weighted by Crippen LogP contribution is -2.51. The van der Waals surface area contributed by atoms with Crippen LogP contribution in [0.2, 0.25) is 0 Å². The maximum Gasteiger partial charge on any atom is 0.240 e. The third kappa shape index (κ3) is 2.29.